The van der Waals surface area contributed by atoms with Crippen molar-refractivity contribution in [2.75, 3.05) is 13.7 Å². The highest BCUT2D eigenvalue weighted by Crippen LogP contribution is 2.51. The number of carbonyl (C=O) groups is 1. The molecule has 0 fully saturated rings. The molecule has 0 bridgehead atoms. The lowest BCUT2D eigenvalue weighted by Gasteiger charge is -2.29. The molecule has 2 aliphatic heterocycles. The minimum atomic E-state index is -0.804. The maximum Gasteiger partial charge on any atom is 0.305 e. The number of allylic oxidation sites excluding steroid dienone is 1. The van der Waals surface area contributed by atoms with Crippen molar-refractivity contribution in [1.29, 1.82) is 0 Å². The maximum absolute atomic E-state index is 11.8. The number of halogens is 1. The van der Waals surface area contributed by atoms with Gasteiger partial charge in [0.1, 0.15) is 5.75 Å². The van der Waals surface area contributed by atoms with Crippen molar-refractivity contribution >= 4 is 28.7 Å². The Morgan fingerprint density at radius 1 is 1.14 bits per heavy atom. The summed E-state index contributed by atoms with van der Waals surface area (Å²) in [6, 6.07) is 15.4. The zero-order valence-corrected chi connectivity index (χ0v) is 17.5. The van der Waals surface area contributed by atoms with Crippen LogP contribution in [0.5, 0.6) is 5.75 Å². The number of hydrogen-bond acceptors (Lipinski definition) is 3. The Hall–Kier alpha value is -2.72. The minimum Gasteiger partial charge on any atom is -0.497 e. The van der Waals surface area contributed by atoms with Crippen molar-refractivity contribution in [3.63, 3.8) is 0 Å². The van der Waals surface area contributed by atoms with Gasteiger partial charge in [-0.15, -0.1) is 0 Å². The first-order valence-corrected chi connectivity index (χ1v) is 10.0. The number of methoxy groups -OCH3 is 1. The van der Waals surface area contributed by atoms with Crippen LogP contribution in [0.25, 0.3) is 11.1 Å². The van der Waals surface area contributed by atoms with Crippen LogP contribution in [0.15, 0.2) is 60.3 Å². The number of ether oxygens (including phenoxy) is 1. The molecule has 4 nitrogen and oxygen atoms in total. The number of hydrogen-bond donors (Lipinski definition) is 1. The van der Waals surface area contributed by atoms with E-state index in [2.05, 4.69) is 24.8 Å². The van der Waals surface area contributed by atoms with Crippen LogP contribution in [0.1, 0.15) is 31.4 Å². The van der Waals surface area contributed by atoms with E-state index in [-0.39, 0.29) is 17.9 Å². The van der Waals surface area contributed by atoms with Crippen molar-refractivity contribution in [3.8, 4) is 5.75 Å². The average molecular weight is 410 g/mol. The Labute approximate surface area is 176 Å². The molecule has 1 unspecified atom stereocenters. The molecule has 150 valence electrons. The summed E-state index contributed by atoms with van der Waals surface area (Å²) in [4.78, 5) is 14.0. The molecule has 29 heavy (non-hydrogen) atoms. The second-order valence-electron chi connectivity index (χ2n) is 8.28. The fourth-order valence-electron chi connectivity index (χ4n) is 4.38. The molecule has 4 rings (SSSR count). The smallest absolute Gasteiger partial charge is 0.305 e. The molecule has 0 amide bonds. The van der Waals surface area contributed by atoms with Crippen molar-refractivity contribution < 1.29 is 14.6 Å². The highest BCUT2D eigenvalue weighted by Gasteiger charge is 2.44. The Morgan fingerprint density at radius 2 is 1.76 bits per heavy atom. The Morgan fingerprint density at radius 3 is 2.34 bits per heavy atom. The predicted molar refractivity (Wildman–Crippen MR) is 116 cm³/mol. The van der Waals surface area contributed by atoms with Gasteiger partial charge in [-0.3, -0.25) is 4.79 Å². The van der Waals surface area contributed by atoms with Gasteiger partial charge in [0, 0.05) is 28.3 Å². The zero-order valence-electron chi connectivity index (χ0n) is 16.8. The monoisotopic (exact) mass is 409 g/mol. The van der Waals surface area contributed by atoms with Crippen LogP contribution in [-0.4, -0.2) is 35.7 Å². The fourth-order valence-corrected chi connectivity index (χ4v) is 4.51. The molecule has 2 aromatic carbocycles. The maximum atomic E-state index is 11.8. The van der Waals surface area contributed by atoms with Crippen LogP contribution in [0.3, 0.4) is 0 Å². The van der Waals surface area contributed by atoms with E-state index in [0.29, 0.717) is 5.02 Å². The molecule has 2 aliphatic rings. The number of nitrogens with zero attached hydrogens (tertiary/aromatic N) is 1. The molecule has 2 aromatic rings. The van der Waals surface area contributed by atoms with Crippen LogP contribution in [0.2, 0.25) is 5.02 Å². The Bertz CT molecular complexity index is 1000. The van der Waals surface area contributed by atoms with E-state index in [4.69, 9.17) is 16.3 Å². The number of carboxylic acid groups (broad SMARTS) is 1. The summed E-state index contributed by atoms with van der Waals surface area (Å²) in [6.07, 6.45) is 2.31. The molecule has 0 saturated carbocycles. The van der Waals surface area contributed by atoms with Crippen molar-refractivity contribution in [2.45, 2.75) is 26.3 Å². The molecule has 0 spiro atoms. The van der Waals surface area contributed by atoms with E-state index in [1.807, 2.05) is 48.5 Å². The van der Waals surface area contributed by atoms with E-state index in [9.17, 15) is 9.90 Å². The summed E-state index contributed by atoms with van der Waals surface area (Å²) in [7, 11) is 1.65. The molecular formula is C24H24ClNO3. The molecule has 0 saturated heterocycles. The molecule has 1 N–H and O–H groups in total. The lowest BCUT2D eigenvalue weighted by atomic mass is 9.87. The SMILES string of the molecule is COc1ccc(C2=C(c3ccc(Cl)cc3)C(CC(=O)O)N3CC(C)(C)C=C23)cc1. The molecule has 1 atom stereocenters. The summed E-state index contributed by atoms with van der Waals surface area (Å²) in [5.41, 5.74) is 5.27. The van der Waals surface area contributed by atoms with Gasteiger partial charge in [-0.1, -0.05) is 55.8 Å². The van der Waals surface area contributed by atoms with E-state index in [0.717, 1.165) is 40.3 Å². The lowest BCUT2D eigenvalue weighted by molar-refractivity contribution is -0.137. The largest absolute Gasteiger partial charge is 0.497 e. The van der Waals surface area contributed by atoms with Crippen LogP contribution in [0.4, 0.5) is 0 Å². The topological polar surface area (TPSA) is 49.8 Å². The summed E-state index contributed by atoms with van der Waals surface area (Å²) >= 11 is 6.11. The zero-order chi connectivity index (χ0) is 20.8. The van der Waals surface area contributed by atoms with E-state index >= 15 is 0 Å². The summed E-state index contributed by atoms with van der Waals surface area (Å²) < 4.78 is 5.32. The van der Waals surface area contributed by atoms with E-state index in [1.165, 1.54) is 0 Å². The van der Waals surface area contributed by atoms with Gasteiger partial charge in [-0.05, 0) is 41.0 Å². The van der Waals surface area contributed by atoms with Crippen molar-refractivity contribution in [1.82, 2.24) is 4.90 Å². The standard InChI is InChI=1S/C24H24ClNO3/c1-24(2)13-20-23(16-6-10-18(29-3)11-7-16)22(15-4-8-17(25)9-5-15)19(12-21(27)28)26(20)14-24/h4-11,13,19H,12,14H2,1-3H3,(H,27,28). The highest BCUT2D eigenvalue weighted by molar-refractivity contribution is 6.30. The van der Waals surface area contributed by atoms with Gasteiger partial charge in [0.25, 0.3) is 0 Å². The van der Waals surface area contributed by atoms with Gasteiger partial charge in [0.2, 0.25) is 0 Å². The van der Waals surface area contributed by atoms with Crippen LogP contribution in [-0.2, 0) is 4.79 Å². The van der Waals surface area contributed by atoms with Gasteiger partial charge in [-0.2, -0.15) is 0 Å². The predicted octanol–water partition coefficient (Wildman–Crippen LogP) is 5.34. The van der Waals surface area contributed by atoms with Crippen molar-refractivity contribution in [2.24, 2.45) is 5.41 Å². The van der Waals surface area contributed by atoms with Gasteiger partial charge in [0.15, 0.2) is 0 Å². The first kappa shape index (κ1) is 19.6. The molecule has 0 radical (unpaired) electrons. The molecule has 0 aromatic heterocycles. The number of rotatable bonds is 5. The Balaban J connectivity index is 1.96. The second kappa shape index (κ2) is 7.27. The van der Waals surface area contributed by atoms with Gasteiger partial charge < -0.3 is 14.7 Å². The van der Waals surface area contributed by atoms with Crippen LogP contribution >= 0.6 is 11.6 Å². The quantitative estimate of drug-likeness (QED) is 0.723. The third-order valence-electron chi connectivity index (χ3n) is 5.55. The lowest BCUT2D eigenvalue weighted by Crippen LogP contribution is -2.34. The number of benzene rings is 2. The molecular weight excluding hydrogens is 386 g/mol. The first-order valence-electron chi connectivity index (χ1n) is 9.65. The van der Waals surface area contributed by atoms with Crippen LogP contribution in [0, 0.1) is 5.41 Å². The van der Waals surface area contributed by atoms with Gasteiger partial charge in [0.05, 0.1) is 19.6 Å². The number of carboxylic acids is 1. The Kier molecular flexibility index (Phi) is 4.91. The first-order chi connectivity index (χ1) is 13.8. The third-order valence-corrected chi connectivity index (χ3v) is 5.80. The highest BCUT2D eigenvalue weighted by atomic mass is 35.5. The van der Waals surface area contributed by atoms with E-state index in [1.54, 1.807) is 7.11 Å². The summed E-state index contributed by atoms with van der Waals surface area (Å²) in [5.74, 6) is -0.0124. The van der Waals surface area contributed by atoms with E-state index < -0.39 is 5.97 Å². The average Bonchev–Trinajstić information content (AvgIpc) is 3.13. The fraction of sp³-hybridized carbons (Fsp3) is 0.292. The number of fused-ring (bicyclic) bond motifs is 1. The number of aliphatic carboxylic acids is 1. The van der Waals surface area contributed by atoms with Crippen molar-refractivity contribution in [3.05, 3.63) is 76.5 Å². The normalized spacial score (nSPS) is 19.9. The summed E-state index contributed by atoms with van der Waals surface area (Å²) in [6.45, 7) is 5.16. The molecule has 5 heteroatoms. The van der Waals surface area contributed by atoms with Gasteiger partial charge >= 0.3 is 5.97 Å². The molecule has 2 heterocycles. The van der Waals surface area contributed by atoms with Crippen LogP contribution < -0.4 is 4.74 Å². The minimum absolute atomic E-state index is 0.0185. The molecule has 0 aliphatic carbocycles. The van der Waals surface area contributed by atoms with Gasteiger partial charge in [-0.25, -0.2) is 0 Å². The summed E-state index contributed by atoms with van der Waals surface area (Å²) in [5, 5.41) is 10.3. The third kappa shape index (κ3) is 3.65. The second-order valence-corrected chi connectivity index (χ2v) is 8.72.